The lowest BCUT2D eigenvalue weighted by atomic mass is 9.92. The van der Waals surface area contributed by atoms with Crippen LogP contribution in [0, 0.1) is 17.6 Å². The number of benzene rings is 1. The molecule has 1 atom stereocenters. The zero-order valence-electron chi connectivity index (χ0n) is 14.9. The molecule has 9 heteroatoms. The van der Waals surface area contributed by atoms with Gasteiger partial charge < -0.3 is 10.4 Å². The highest BCUT2D eigenvalue weighted by molar-refractivity contribution is 7.89. The first-order valence-corrected chi connectivity index (χ1v) is 10.6. The van der Waals surface area contributed by atoms with Crippen LogP contribution in [-0.4, -0.2) is 49.0 Å². The van der Waals surface area contributed by atoms with Crippen LogP contribution in [0.15, 0.2) is 23.1 Å². The van der Waals surface area contributed by atoms with Gasteiger partial charge in [0.25, 0.3) is 0 Å². The number of aliphatic hydroxyl groups is 1. The maximum absolute atomic E-state index is 13.9. The molecule has 1 aliphatic heterocycles. The predicted octanol–water partition coefficient (Wildman–Crippen LogP) is 1.79. The van der Waals surface area contributed by atoms with Gasteiger partial charge in [0.2, 0.25) is 15.9 Å². The number of piperidine rings is 1. The van der Waals surface area contributed by atoms with Gasteiger partial charge in [-0.15, -0.1) is 0 Å². The van der Waals surface area contributed by atoms with Crippen molar-refractivity contribution in [3.63, 3.8) is 0 Å². The Morgan fingerprint density at radius 2 is 1.85 bits per heavy atom. The number of hydrogen-bond acceptors (Lipinski definition) is 4. The molecule has 3 rings (SSSR count). The fourth-order valence-corrected chi connectivity index (χ4v) is 5.33. The van der Waals surface area contributed by atoms with E-state index in [0.29, 0.717) is 44.6 Å². The summed E-state index contributed by atoms with van der Waals surface area (Å²) in [4.78, 5) is 11.8. The molecule has 1 aromatic rings. The summed E-state index contributed by atoms with van der Waals surface area (Å²) in [6.07, 6.45) is 3.33. The van der Waals surface area contributed by atoms with Crippen LogP contribution in [0.25, 0.3) is 0 Å². The van der Waals surface area contributed by atoms with Gasteiger partial charge in [-0.25, -0.2) is 17.2 Å². The Labute approximate surface area is 157 Å². The van der Waals surface area contributed by atoms with Crippen molar-refractivity contribution < 1.29 is 27.1 Å². The van der Waals surface area contributed by atoms with Crippen molar-refractivity contribution in [3.05, 3.63) is 29.8 Å². The second kappa shape index (κ2) is 8.20. The van der Waals surface area contributed by atoms with Gasteiger partial charge in [-0.1, -0.05) is 0 Å². The van der Waals surface area contributed by atoms with Gasteiger partial charge in [0.1, 0.15) is 16.5 Å². The first-order chi connectivity index (χ1) is 12.8. The molecular formula is C18H24F2N2O4S. The third-order valence-electron chi connectivity index (χ3n) is 5.31. The summed E-state index contributed by atoms with van der Waals surface area (Å²) in [5, 5.41) is 12.5. The number of nitrogens with one attached hydrogen (secondary N) is 1. The van der Waals surface area contributed by atoms with Crippen LogP contribution >= 0.6 is 0 Å². The van der Waals surface area contributed by atoms with Gasteiger partial charge in [0.05, 0.1) is 12.0 Å². The molecule has 1 aromatic carbocycles. The molecule has 0 bridgehead atoms. The van der Waals surface area contributed by atoms with E-state index in [0.717, 1.165) is 16.4 Å². The number of amides is 1. The van der Waals surface area contributed by atoms with E-state index >= 15 is 0 Å². The lowest BCUT2D eigenvalue weighted by Crippen LogP contribution is -2.48. The average molecular weight is 402 g/mol. The first-order valence-electron chi connectivity index (χ1n) is 9.21. The summed E-state index contributed by atoms with van der Waals surface area (Å²) in [5.74, 6) is -2.60. The summed E-state index contributed by atoms with van der Waals surface area (Å²) in [5.41, 5.74) is 0. The minimum Gasteiger partial charge on any atom is -0.393 e. The van der Waals surface area contributed by atoms with Crippen LogP contribution in [0.4, 0.5) is 8.78 Å². The molecule has 1 aliphatic carbocycles. The van der Waals surface area contributed by atoms with Crippen molar-refractivity contribution in [1.29, 1.82) is 0 Å². The zero-order valence-corrected chi connectivity index (χ0v) is 15.7. The van der Waals surface area contributed by atoms with Crippen LogP contribution in [0.2, 0.25) is 0 Å². The molecule has 27 heavy (non-hydrogen) atoms. The summed E-state index contributed by atoms with van der Waals surface area (Å²) in [7, 11) is -4.22. The summed E-state index contributed by atoms with van der Waals surface area (Å²) >= 11 is 0. The Morgan fingerprint density at radius 3 is 2.56 bits per heavy atom. The summed E-state index contributed by atoms with van der Waals surface area (Å²) < 4.78 is 53.8. The Balaban J connectivity index is 1.68. The van der Waals surface area contributed by atoms with Crippen molar-refractivity contribution in [2.45, 2.75) is 55.6 Å². The SMILES string of the molecule is O=C(NC1CCC(O)CC1)[C@@H]1CCCN(S(=O)(=O)c2cc(F)ccc2F)C1. The Kier molecular flexibility index (Phi) is 6.12. The first kappa shape index (κ1) is 20.2. The lowest BCUT2D eigenvalue weighted by Gasteiger charge is -2.33. The number of nitrogens with zero attached hydrogens (tertiary/aromatic N) is 1. The molecule has 1 heterocycles. The van der Waals surface area contributed by atoms with Gasteiger partial charge in [0.15, 0.2) is 0 Å². The van der Waals surface area contributed by atoms with Gasteiger partial charge in [-0.05, 0) is 56.7 Å². The monoisotopic (exact) mass is 402 g/mol. The molecule has 0 radical (unpaired) electrons. The topological polar surface area (TPSA) is 86.7 Å². The molecule has 1 saturated carbocycles. The number of halogens is 2. The second-order valence-electron chi connectivity index (χ2n) is 7.29. The fourth-order valence-electron chi connectivity index (χ4n) is 3.73. The molecule has 1 amide bonds. The number of sulfonamides is 1. The molecule has 2 N–H and O–H groups in total. The largest absolute Gasteiger partial charge is 0.393 e. The summed E-state index contributed by atoms with van der Waals surface area (Å²) in [6, 6.07) is 2.30. The molecule has 6 nitrogen and oxygen atoms in total. The van der Waals surface area contributed by atoms with Crippen LogP contribution < -0.4 is 5.32 Å². The number of hydrogen-bond donors (Lipinski definition) is 2. The van der Waals surface area contributed by atoms with Crippen molar-refractivity contribution in [2.24, 2.45) is 5.92 Å². The molecule has 150 valence electrons. The van der Waals surface area contributed by atoms with Crippen molar-refractivity contribution in [3.8, 4) is 0 Å². The normalized spacial score (nSPS) is 27.3. The molecule has 0 unspecified atom stereocenters. The molecule has 0 aromatic heterocycles. The maximum atomic E-state index is 13.9. The van der Waals surface area contributed by atoms with E-state index in [-0.39, 0.29) is 31.1 Å². The van der Waals surface area contributed by atoms with Crippen molar-refractivity contribution in [1.82, 2.24) is 9.62 Å². The van der Waals surface area contributed by atoms with Gasteiger partial charge in [0, 0.05) is 19.1 Å². The van der Waals surface area contributed by atoms with Crippen molar-refractivity contribution in [2.75, 3.05) is 13.1 Å². The highest BCUT2D eigenvalue weighted by atomic mass is 32.2. The minimum atomic E-state index is -4.22. The Morgan fingerprint density at radius 1 is 1.15 bits per heavy atom. The summed E-state index contributed by atoms with van der Waals surface area (Å²) in [6.45, 7) is 0.108. The minimum absolute atomic E-state index is 0.0199. The van der Waals surface area contributed by atoms with Crippen LogP contribution in [0.5, 0.6) is 0 Å². The predicted molar refractivity (Wildman–Crippen MR) is 94.2 cm³/mol. The lowest BCUT2D eigenvalue weighted by molar-refractivity contribution is -0.127. The average Bonchev–Trinajstić information content (AvgIpc) is 2.65. The molecule has 2 aliphatic rings. The van der Waals surface area contributed by atoms with Crippen molar-refractivity contribution >= 4 is 15.9 Å². The van der Waals surface area contributed by atoms with E-state index in [2.05, 4.69) is 5.32 Å². The highest BCUT2D eigenvalue weighted by Gasteiger charge is 2.35. The van der Waals surface area contributed by atoms with E-state index in [1.165, 1.54) is 0 Å². The van der Waals surface area contributed by atoms with Crippen LogP contribution in [-0.2, 0) is 14.8 Å². The van der Waals surface area contributed by atoms with E-state index in [9.17, 15) is 27.1 Å². The second-order valence-corrected chi connectivity index (χ2v) is 9.20. The number of rotatable bonds is 4. The van der Waals surface area contributed by atoms with Gasteiger partial charge >= 0.3 is 0 Å². The maximum Gasteiger partial charge on any atom is 0.246 e. The standard InChI is InChI=1S/C18H24F2N2O4S/c19-13-3-8-16(20)17(10-13)27(25,26)22-9-1-2-12(11-22)18(24)21-14-4-6-15(23)7-5-14/h3,8,10,12,14-15,23H,1-2,4-7,9,11H2,(H,21,24)/t12-,14?,15?/m1/s1. The molecule has 1 saturated heterocycles. The third-order valence-corrected chi connectivity index (χ3v) is 7.19. The Hall–Kier alpha value is -1.58. The van der Waals surface area contributed by atoms with E-state index < -0.39 is 32.5 Å². The van der Waals surface area contributed by atoms with Crippen LogP contribution in [0.1, 0.15) is 38.5 Å². The van der Waals surface area contributed by atoms with Gasteiger partial charge in [-0.2, -0.15) is 4.31 Å². The fraction of sp³-hybridized carbons (Fsp3) is 0.611. The van der Waals surface area contributed by atoms with E-state index in [1.807, 2.05) is 0 Å². The van der Waals surface area contributed by atoms with Gasteiger partial charge in [-0.3, -0.25) is 4.79 Å². The molecule has 2 fully saturated rings. The molecule has 0 spiro atoms. The number of carbonyl (C=O) groups excluding carboxylic acids is 1. The smallest absolute Gasteiger partial charge is 0.246 e. The highest BCUT2D eigenvalue weighted by Crippen LogP contribution is 2.27. The van der Waals surface area contributed by atoms with E-state index in [1.54, 1.807) is 0 Å². The van der Waals surface area contributed by atoms with Crippen LogP contribution in [0.3, 0.4) is 0 Å². The molecular weight excluding hydrogens is 378 g/mol. The third kappa shape index (κ3) is 4.64. The number of carbonyl (C=O) groups is 1. The number of aliphatic hydroxyl groups excluding tert-OH is 1. The quantitative estimate of drug-likeness (QED) is 0.804. The van der Waals surface area contributed by atoms with E-state index in [4.69, 9.17) is 0 Å². The zero-order chi connectivity index (χ0) is 19.6. The Bertz CT molecular complexity index is 795.